The molecule has 0 N–H and O–H groups in total. The monoisotopic (exact) mass is 720 g/mol. The highest BCUT2D eigenvalue weighted by Crippen LogP contribution is 2.65. The first-order valence-electron chi connectivity index (χ1n) is 21.2. The molecule has 6 aromatic carbocycles. The smallest absolute Gasteiger partial charge is 0.144 e. The highest BCUT2D eigenvalue weighted by Gasteiger charge is 2.51. The highest BCUT2D eigenvalue weighted by atomic mass is 16.3. The number of hydrogen-bond acceptors (Lipinski definition) is 1. The van der Waals surface area contributed by atoms with E-state index in [2.05, 4.69) is 151 Å². The lowest BCUT2D eigenvalue weighted by atomic mass is 9.65. The quantitative estimate of drug-likeness (QED) is 0.115. The molecule has 0 unspecified atom stereocenters. The third-order valence-corrected chi connectivity index (χ3v) is 13.3. The standard InChI is InChI=1S/C54H56O/c1-7-9-11-16-30-54(31-17-12-10-8-2)45-33-36(4)27-29-42(45)48-50(54)49-46(41-28-26-35(3)32-44(41)53(49,5)6)47-43-25-19-24-40(51(43)55-52(47)48)39-23-18-22-38(34-39)37-20-14-13-15-21-37/h13-15,18-29,32-34H,7-12,16-17,30-31H2,1-6H3. The first kappa shape index (κ1) is 35.8. The highest BCUT2D eigenvalue weighted by molar-refractivity contribution is 6.22. The minimum absolute atomic E-state index is 0.0589. The summed E-state index contributed by atoms with van der Waals surface area (Å²) in [5.74, 6) is 0. The largest absolute Gasteiger partial charge is 0.455 e. The third-order valence-electron chi connectivity index (χ3n) is 13.3. The van der Waals surface area contributed by atoms with E-state index in [1.807, 2.05) is 0 Å². The van der Waals surface area contributed by atoms with Gasteiger partial charge in [0.25, 0.3) is 0 Å². The van der Waals surface area contributed by atoms with Crippen molar-refractivity contribution in [3.63, 3.8) is 0 Å². The molecule has 0 bridgehead atoms. The zero-order valence-electron chi connectivity index (χ0n) is 33.9. The Labute approximate surface area is 328 Å². The molecule has 9 rings (SSSR count). The van der Waals surface area contributed by atoms with Crippen LogP contribution in [0.15, 0.2) is 114 Å². The van der Waals surface area contributed by atoms with Crippen LogP contribution in [-0.2, 0) is 10.8 Å². The van der Waals surface area contributed by atoms with E-state index in [-0.39, 0.29) is 10.8 Å². The molecule has 1 heteroatoms. The molecule has 0 spiro atoms. The van der Waals surface area contributed by atoms with Gasteiger partial charge in [-0.05, 0) is 88.4 Å². The van der Waals surface area contributed by atoms with Crippen LogP contribution in [0.2, 0.25) is 0 Å². The summed E-state index contributed by atoms with van der Waals surface area (Å²) in [6, 6.07) is 41.2. The molecule has 0 radical (unpaired) electrons. The summed E-state index contributed by atoms with van der Waals surface area (Å²) in [6.45, 7) is 14.2. The molecule has 1 nitrogen and oxygen atoms in total. The second-order valence-electron chi connectivity index (χ2n) is 17.4. The lowest BCUT2D eigenvalue weighted by molar-refractivity contribution is 0.395. The van der Waals surface area contributed by atoms with Crippen LogP contribution in [0.5, 0.6) is 0 Å². The van der Waals surface area contributed by atoms with Gasteiger partial charge in [-0.2, -0.15) is 0 Å². The summed E-state index contributed by atoms with van der Waals surface area (Å²) in [6.07, 6.45) is 12.5. The van der Waals surface area contributed by atoms with Crippen LogP contribution < -0.4 is 0 Å². The van der Waals surface area contributed by atoms with E-state index in [9.17, 15) is 0 Å². The summed E-state index contributed by atoms with van der Waals surface area (Å²) < 4.78 is 7.53. The van der Waals surface area contributed by atoms with Gasteiger partial charge in [0.05, 0.1) is 0 Å². The van der Waals surface area contributed by atoms with Crippen molar-refractivity contribution < 1.29 is 4.42 Å². The van der Waals surface area contributed by atoms with Crippen molar-refractivity contribution in [2.24, 2.45) is 0 Å². The van der Waals surface area contributed by atoms with E-state index in [0.29, 0.717) is 0 Å². The van der Waals surface area contributed by atoms with Crippen molar-refractivity contribution in [1.82, 2.24) is 0 Å². The van der Waals surface area contributed by atoms with E-state index >= 15 is 0 Å². The van der Waals surface area contributed by atoms with Crippen LogP contribution in [0.1, 0.15) is 125 Å². The maximum Gasteiger partial charge on any atom is 0.144 e. The number of furan rings is 1. The minimum Gasteiger partial charge on any atom is -0.455 e. The molecule has 0 saturated heterocycles. The lowest BCUT2D eigenvalue weighted by Crippen LogP contribution is -2.30. The average Bonchev–Trinajstić information content (AvgIpc) is 3.79. The number of unbranched alkanes of at least 4 members (excludes halogenated alkanes) is 6. The molecule has 0 atom stereocenters. The molecule has 278 valence electrons. The van der Waals surface area contributed by atoms with Crippen molar-refractivity contribution in [3.05, 3.63) is 143 Å². The predicted octanol–water partition coefficient (Wildman–Crippen LogP) is 16.1. The Kier molecular flexibility index (Phi) is 9.12. The van der Waals surface area contributed by atoms with E-state index < -0.39 is 0 Å². The third kappa shape index (κ3) is 5.63. The van der Waals surface area contributed by atoms with Gasteiger partial charge < -0.3 is 4.42 Å². The van der Waals surface area contributed by atoms with Gasteiger partial charge in [0.1, 0.15) is 11.2 Å². The second-order valence-corrected chi connectivity index (χ2v) is 17.4. The number of para-hydroxylation sites is 1. The number of benzene rings is 6. The Hall–Kier alpha value is -4.88. The SMILES string of the molecule is CCCCCCC1(CCCCCC)c2cc(C)ccc2-c2c1c1c(c3c2oc2c(-c4cccc(-c5ccccc5)c4)cccc23)-c2ccc(C)cc2C1(C)C. The average molecular weight is 721 g/mol. The minimum atomic E-state index is -0.157. The van der Waals surface area contributed by atoms with Crippen LogP contribution in [0.3, 0.4) is 0 Å². The van der Waals surface area contributed by atoms with Crippen LogP contribution >= 0.6 is 0 Å². The summed E-state index contributed by atoms with van der Waals surface area (Å²) in [7, 11) is 0. The van der Waals surface area contributed by atoms with Gasteiger partial charge >= 0.3 is 0 Å². The van der Waals surface area contributed by atoms with Gasteiger partial charge in [-0.25, -0.2) is 0 Å². The van der Waals surface area contributed by atoms with Crippen LogP contribution in [0, 0.1) is 13.8 Å². The van der Waals surface area contributed by atoms with Gasteiger partial charge in [0.2, 0.25) is 0 Å². The number of rotatable bonds is 12. The molecule has 1 aromatic heterocycles. The summed E-state index contributed by atoms with van der Waals surface area (Å²) in [4.78, 5) is 0. The molecule has 0 saturated carbocycles. The van der Waals surface area contributed by atoms with Crippen molar-refractivity contribution >= 4 is 21.9 Å². The first-order chi connectivity index (χ1) is 26.8. The van der Waals surface area contributed by atoms with E-state index in [0.717, 1.165) is 16.7 Å². The fraction of sp³-hybridized carbons (Fsp3) is 0.333. The topological polar surface area (TPSA) is 13.1 Å². The van der Waals surface area contributed by atoms with Crippen molar-refractivity contribution in [3.8, 4) is 44.5 Å². The maximum absolute atomic E-state index is 7.53. The Bertz CT molecular complexity index is 2550. The molecule has 1 heterocycles. The molecular formula is C54H56O. The molecule has 55 heavy (non-hydrogen) atoms. The first-order valence-corrected chi connectivity index (χ1v) is 21.2. The van der Waals surface area contributed by atoms with Crippen LogP contribution in [-0.4, -0.2) is 0 Å². The van der Waals surface area contributed by atoms with E-state index in [4.69, 9.17) is 4.42 Å². The Morgan fingerprint density at radius 3 is 1.80 bits per heavy atom. The van der Waals surface area contributed by atoms with Crippen molar-refractivity contribution in [2.75, 3.05) is 0 Å². The van der Waals surface area contributed by atoms with Gasteiger partial charge in [-0.3, -0.25) is 0 Å². The molecule has 2 aliphatic carbocycles. The lowest BCUT2D eigenvalue weighted by Gasteiger charge is -2.37. The summed E-state index contributed by atoms with van der Waals surface area (Å²) >= 11 is 0. The second kappa shape index (κ2) is 14.0. The zero-order valence-corrected chi connectivity index (χ0v) is 33.9. The molecule has 0 amide bonds. The van der Waals surface area contributed by atoms with Crippen LogP contribution in [0.4, 0.5) is 0 Å². The van der Waals surface area contributed by atoms with Gasteiger partial charge in [0, 0.05) is 32.7 Å². The van der Waals surface area contributed by atoms with E-state index in [1.54, 1.807) is 16.7 Å². The summed E-state index contributed by atoms with van der Waals surface area (Å²) in [5, 5.41) is 2.51. The molecule has 2 aliphatic rings. The Morgan fingerprint density at radius 2 is 1.11 bits per heavy atom. The van der Waals surface area contributed by atoms with E-state index in [1.165, 1.54) is 131 Å². The Balaban J connectivity index is 1.39. The molecule has 0 aliphatic heterocycles. The summed E-state index contributed by atoms with van der Waals surface area (Å²) in [5.41, 5.74) is 21.0. The zero-order chi connectivity index (χ0) is 37.9. The maximum atomic E-state index is 7.53. The predicted molar refractivity (Wildman–Crippen MR) is 235 cm³/mol. The fourth-order valence-electron chi connectivity index (χ4n) is 10.7. The number of hydrogen-bond donors (Lipinski definition) is 0. The molecular weight excluding hydrogens is 665 g/mol. The number of aryl methyl sites for hydroxylation is 2. The number of fused-ring (bicyclic) bond motifs is 12. The fourth-order valence-corrected chi connectivity index (χ4v) is 10.7. The molecule has 0 fully saturated rings. The van der Waals surface area contributed by atoms with Gasteiger partial charge in [0.15, 0.2) is 0 Å². The molecule has 7 aromatic rings. The van der Waals surface area contributed by atoms with Crippen molar-refractivity contribution in [2.45, 2.75) is 117 Å². The normalized spacial score (nSPS) is 14.7. The van der Waals surface area contributed by atoms with Gasteiger partial charge in [-0.1, -0.05) is 193 Å². The van der Waals surface area contributed by atoms with Crippen LogP contribution in [0.25, 0.3) is 66.4 Å². The Morgan fingerprint density at radius 1 is 0.491 bits per heavy atom. The van der Waals surface area contributed by atoms with Gasteiger partial charge in [-0.15, -0.1) is 0 Å². The van der Waals surface area contributed by atoms with Crippen molar-refractivity contribution in [1.29, 1.82) is 0 Å².